The molecule has 22 heavy (non-hydrogen) atoms. The minimum absolute atomic E-state index is 0.0854. The average molecular weight is 313 g/mol. The Morgan fingerprint density at radius 2 is 1.73 bits per heavy atom. The Balaban J connectivity index is 1.86. The number of carbonyl (C=O) groups is 1. The van der Waals surface area contributed by atoms with Crippen LogP contribution < -0.4 is 5.32 Å². The first-order chi connectivity index (χ1) is 10.6. The highest BCUT2D eigenvalue weighted by Gasteiger charge is 2.17. The quantitative estimate of drug-likeness (QED) is 0.747. The van der Waals surface area contributed by atoms with Crippen molar-refractivity contribution in [3.8, 4) is 16.2 Å². The molecule has 3 nitrogen and oxygen atoms in total. The van der Waals surface area contributed by atoms with Crippen LogP contribution in [0.3, 0.4) is 0 Å². The fourth-order valence-electron chi connectivity index (χ4n) is 2.01. The Kier molecular flexibility index (Phi) is 3.89. The van der Waals surface area contributed by atoms with E-state index in [-0.39, 0.29) is 22.4 Å². The van der Waals surface area contributed by atoms with Crippen LogP contribution in [0.1, 0.15) is 9.67 Å². The molecule has 0 atom stereocenters. The number of carbonyl (C=O) groups excluding carboxylic acids is 1. The van der Waals surface area contributed by atoms with Crippen LogP contribution in [0.2, 0.25) is 0 Å². The lowest BCUT2D eigenvalue weighted by Gasteiger charge is -2.03. The molecule has 0 aliphatic rings. The molecule has 1 heterocycles. The molecule has 0 saturated carbocycles. The van der Waals surface area contributed by atoms with Gasteiger partial charge in [-0.2, -0.15) is 0 Å². The Bertz CT molecular complexity index is 797. The Morgan fingerprint density at radius 3 is 2.41 bits per heavy atom. The number of para-hydroxylation sites is 1. The Hall–Kier alpha value is -2.66. The summed E-state index contributed by atoms with van der Waals surface area (Å²) in [6.07, 6.45) is 0. The molecule has 1 amide bonds. The van der Waals surface area contributed by atoms with Gasteiger partial charge in [0.25, 0.3) is 5.91 Å². The predicted molar refractivity (Wildman–Crippen MR) is 85.8 cm³/mol. The van der Waals surface area contributed by atoms with E-state index in [1.54, 1.807) is 24.3 Å². The van der Waals surface area contributed by atoms with Gasteiger partial charge >= 0.3 is 0 Å². The highest BCUT2D eigenvalue weighted by molar-refractivity contribution is 7.17. The van der Waals surface area contributed by atoms with Gasteiger partial charge in [0.15, 0.2) is 0 Å². The molecule has 0 aliphatic carbocycles. The molecule has 5 heteroatoms. The number of hydrogen-bond acceptors (Lipinski definition) is 3. The smallest absolute Gasteiger partial charge is 0.269 e. The van der Waals surface area contributed by atoms with Crippen LogP contribution in [-0.4, -0.2) is 11.0 Å². The van der Waals surface area contributed by atoms with Crippen LogP contribution in [0.4, 0.5) is 10.1 Å². The molecule has 0 aliphatic heterocycles. The summed E-state index contributed by atoms with van der Waals surface area (Å²) >= 11 is 1.16. The lowest BCUT2D eigenvalue weighted by atomic mass is 10.2. The van der Waals surface area contributed by atoms with Crippen molar-refractivity contribution in [2.24, 2.45) is 0 Å². The zero-order valence-electron chi connectivity index (χ0n) is 11.4. The molecule has 2 aromatic carbocycles. The minimum atomic E-state index is -0.373. The summed E-state index contributed by atoms with van der Waals surface area (Å²) in [5, 5.41) is 12.7. The van der Waals surface area contributed by atoms with E-state index >= 15 is 0 Å². The van der Waals surface area contributed by atoms with E-state index in [0.717, 1.165) is 16.9 Å². The zero-order valence-corrected chi connectivity index (χ0v) is 12.2. The van der Waals surface area contributed by atoms with Crippen molar-refractivity contribution in [3.63, 3.8) is 0 Å². The molecule has 0 spiro atoms. The van der Waals surface area contributed by atoms with Crippen LogP contribution in [0, 0.1) is 5.82 Å². The number of nitrogens with one attached hydrogen (secondary N) is 1. The maximum absolute atomic E-state index is 12.9. The van der Waals surface area contributed by atoms with E-state index in [4.69, 9.17) is 0 Å². The molecule has 0 unspecified atom stereocenters. The molecule has 0 fully saturated rings. The number of anilines is 1. The maximum atomic E-state index is 12.9. The molecular weight excluding hydrogens is 301 g/mol. The summed E-state index contributed by atoms with van der Waals surface area (Å²) in [6, 6.07) is 16.4. The highest BCUT2D eigenvalue weighted by Crippen LogP contribution is 2.36. The second kappa shape index (κ2) is 5.99. The molecule has 0 radical (unpaired) electrons. The molecule has 3 rings (SSSR count). The number of rotatable bonds is 3. The molecule has 0 bridgehead atoms. The van der Waals surface area contributed by atoms with Crippen LogP contribution in [0.25, 0.3) is 10.4 Å². The zero-order chi connectivity index (χ0) is 15.5. The highest BCUT2D eigenvalue weighted by atomic mass is 32.1. The minimum Gasteiger partial charge on any atom is -0.506 e. The monoisotopic (exact) mass is 313 g/mol. The first-order valence-corrected chi connectivity index (χ1v) is 7.40. The first-order valence-electron chi connectivity index (χ1n) is 6.58. The van der Waals surface area contributed by atoms with Crippen molar-refractivity contribution < 1.29 is 14.3 Å². The van der Waals surface area contributed by atoms with Gasteiger partial charge in [-0.1, -0.05) is 30.3 Å². The molecule has 3 aromatic rings. The van der Waals surface area contributed by atoms with E-state index in [9.17, 15) is 14.3 Å². The van der Waals surface area contributed by atoms with Gasteiger partial charge in [-0.25, -0.2) is 4.39 Å². The summed E-state index contributed by atoms with van der Waals surface area (Å²) in [5.74, 6) is -0.786. The third kappa shape index (κ3) is 2.99. The Morgan fingerprint density at radius 1 is 1.05 bits per heavy atom. The molecule has 2 N–H and O–H groups in total. The van der Waals surface area contributed by atoms with Crippen molar-refractivity contribution in [3.05, 3.63) is 71.4 Å². The fourth-order valence-corrected chi connectivity index (χ4v) is 2.96. The third-order valence-corrected chi connectivity index (χ3v) is 4.25. The molecular formula is C17H12FNO2S. The van der Waals surface area contributed by atoms with Crippen molar-refractivity contribution in [1.82, 2.24) is 0 Å². The number of benzene rings is 2. The lowest BCUT2D eigenvalue weighted by molar-refractivity contribution is 0.102. The van der Waals surface area contributed by atoms with Crippen LogP contribution in [-0.2, 0) is 0 Å². The van der Waals surface area contributed by atoms with E-state index in [2.05, 4.69) is 5.32 Å². The average Bonchev–Trinajstić information content (AvgIpc) is 2.91. The van der Waals surface area contributed by atoms with Crippen LogP contribution >= 0.6 is 11.3 Å². The van der Waals surface area contributed by atoms with E-state index in [1.807, 2.05) is 18.2 Å². The number of amides is 1. The number of hydrogen-bond donors (Lipinski definition) is 2. The van der Waals surface area contributed by atoms with E-state index in [1.165, 1.54) is 18.2 Å². The molecule has 110 valence electrons. The van der Waals surface area contributed by atoms with Gasteiger partial charge < -0.3 is 10.4 Å². The summed E-state index contributed by atoms with van der Waals surface area (Å²) in [4.78, 5) is 13.1. The largest absolute Gasteiger partial charge is 0.506 e. The second-order valence-electron chi connectivity index (χ2n) is 4.65. The van der Waals surface area contributed by atoms with Crippen molar-refractivity contribution >= 4 is 22.9 Å². The normalized spacial score (nSPS) is 10.4. The summed E-state index contributed by atoms with van der Waals surface area (Å²) in [6.45, 7) is 0. The maximum Gasteiger partial charge on any atom is 0.269 e. The third-order valence-electron chi connectivity index (χ3n) is 3.08. The SMILES string of the molecule is O=C(Nc1ccccc1)c1sc(-c2ccc(F)cc2)cc1O. The van der Waals surface area contributed by atoms with Gasteiger partial charge in [0.2, 0.25) is 0 Å². The van der Waals surface area contributed by atoms with E-state index < -0.39 is 0 Å². The standard InChI is InChI=1S/C17H12FNO2S/c18-12-8-6-11(7-9-12)15-10-14(20)16(22-15)17(21)19-13-4-2-1-3-5-13/h1-10,20H,(H,19,21). The number of halogens is 1. The predicted octanol–water partition coefficient (Wildman–Crippen LogP) is 4.51. The summed E-state index contributed by atoms with van der Waals surface area (Å²) in [5.41, 5.74) is 1.41. The topological polar surface area (TPSA) is 49.3 Å². The van der Waals surface area contributed by atoms with E-state index in [0.29, 0.717) is 10.6 Å². The van der Waals surface area contributed by atoms with Crippen LogP contribution in [0.5, 0.6) is 5.75 Å². The van der Waals surface area contributed by atoms with Gasteiger partial charge in [0, 0.05) is 10.6 Å². The molecule has 0 saturated heterocycles. The lowest BCUT2D eigenvalue weighted by Crippen LogP contribution is -2.09. The van der Waals surface area contributed by atoms with Gasteiger partial charge in [-0.3, -0.25) is 4.79 Å². The Labute approximate surface area is 130 Å². The first kappa shape index (κ1) is 14.3. The van der Waals surface area contributed by atoms with Gasteiger partial charge in [-0.15, -0.1) is 11.3 Å². The number of thiophene rings is 1. The van der Waals surface area contributed by atoms with Crippen molar-refractivity contribution in [2.75, 3.05) is 5.32 Å². The van der Waals surface area contributed by atoms with Gasteiger partial charge in [0.1, 0.15) is 16.4 Å². The van der Waals surface area contributed by atoms with Gasteiger partial charge in [0.05, 0.1) is 0 Å². The van der Waals surface area contributed by atoms with Gasteiger partial charge in [-0.05, 0) is 35.9 Å². The molecule has 1 aromatic heterocycles. The fraction of sp³-hybridized carbons (Fsp3) is 0. The van der Waals surface area contributed by atoms with Crippen LogP contribution in [0.15, 0.2) is 60.7 Å². The van der Waals surface area contributed by atoms with Crippen molar-refractivity contribution in [1.29, 1.82) is 0 Å². The number of aromatic hydroxyl groups is 1. The summed E-state index contributed by atoms with van der Waals surface area (Å²) < 4.78 is 12.9. The van der Waals surface area contributed by atoms with Crippen molar-refractivity contribution in [2.45, 2.75) is 0 Å². The summed E-state index contributed by atoms with van der Waals surface area (Å²) in [7, 11) is 0. The second-order valence-corrected chi connectivity index (χ2v) is 5.70.